The average Bonchev–Trinajstić information content (AvgIpc) is 1.43. The maximum Gasteiger partial charge on any atom is 0.235 e. The molecular formula is C10H24BO2-. The van der Waals surface area contributed by atoms with Crippen molar-refractivity contribution < 1.29 is 9.31 Å². The molecule has 0 saturated heterocycles. The summed E-state index contributed by atoms with van der Waals surface area (Å²) in [6, 6.07) is 0. The Hall–Kier alpha value is -0.0151. The molecule has 2 nitrogen and oxygen atoms in total. The summed E-state index contributed by atoms with van der Waals surface area (Å²) in [5.41, 5.74) is -0.288. The molecule has 80 valence electrons. The predicted octanol–water partition coefficient (Wildman–Crippen LogP) is 3.32. The van der Waals surface area contributed by atoms with Crippen LogP contribution in [0.5, 0.6) is 0 Å². The average molecular weight is 187 g/mol. The van der Waals surface area contributed by atoms with Gasteiger partial charge in [0.05, 0.1) is 0 Å². The van der Waals surface area contributed by atoms with Crippen LogP contribution < -0.4 is 0 Å². The normalized spacial score (nSPS) is 14.8. The summed E-state index contributed by atoms with van der Waals surface area (Å²) in [7, 11) is 0. The van der Waals surface area contributed by atoms with Crippen LogP contribution in [-0.4, -0.2) is 17.8 Å². The van der Waals surface area contributed by atoms with Gasteiger partial charge in [-0.3, -0.25) is 0 Å². The first-order valence-electron chi connectivity index (χ1n) is 5.03. The van der Waals surface area contributed by atoms with Crippen molar-refractivity contribution in [3.63, 3.8) is 0 Å². The van der Waals surface area contributed by atoms with Crippen molar-refractivity contribution in [2.45, 2.75) is 66.4 Å². The number of hydrogen-bond donors (Lipinski definition) is 0. The van der Waals surface area contributed by atoms with Crippen molar-refractivity contribution >= 4 is 6.55 Å². The van der Waals surface area contributed by atoms with E-state index in [-0.39, 0.29) is 11.2 Å². The molecule has 0 aromatic heterocycles. The Bertz CT molecular complexity index is 145. The smallest absolute Gasteiger partial charge is 0.235 e. The van der Waals surface area contributed by atoms with E-state index in [9.17, 15) is 0 Å². The van der Waals surface area contributed by atoms with E-state index >= 15 is 0 Å². The van der Waals surface area contributed by atoms with Gasteiger partial charge in [-0.1, -0.05) is 0 Å². The van der Waals surface area contributed by atoms with Crippen LogP contribution in [0.4, 0.5) is 0 Å². The first-order valence-corrected chi connectivity index (χ1v) is 5.03. The van der Waals surface area contributed by atoms with Gasteiger partial charge < -0.3 is 9.31 Å². The molecule has 13 heavy (non-hydrogen) atoms. The first kappa shape index (κ1) is 13.0. The molecule has 0 spiro atoms. The van der Waals surface area contributed by atoms with E-state index in [1.807, 2.05) is 55.2 Å². The lowest BCUT2D eigenvalue weighted by Gasteiger charge is -2.46. The van der Waals surface area contributed by atoms with Crippen LogP contribution in [-0.2, 0) is 9.31 Å². The van der Waals surface area contributed by atoms with Gasteiger partial charge in [-0.25, -0.2) is 0 Å². The molecule has 0 unspecified atom stereocenters. The van der Waals surface area contributed by atoms with Gasteiger partial charge in [0.1, 0.15) is 0 Å². The number of hydrogen-bond acceptors (Lipinski definition) is 2. The van der Waals surface area contributed by atoms with E-state index in [0.717, 1.165) is 0 Å². The molecule has 3 heteroatoms. The monoisotopic (exact) mass is 187 g/mol. The van der Waals surface area contributed by atoms with Gasteiger partial charge in [0.15, 0.2) is 0 Å². The second-order valence-electron chi connectivity index (χ2n) is 6.08. The van der Waals surface area contributed by atoms with Crippen LogP contribution in [0.1, 0.15) is 41.5 Å². The lowest BCUT2D eigenvalue weighted by molar-refractivity contribution is 0.0213. The zero-order chi connectivity index (χ0) is 10.9. The van der Waals surface area contributed by atoms with Crippen LogP contribution >= 0.6 is 0 Å². The van der Waals surface area contributed by atoms with Gasteiger partial charge in [-0.05, 0) is 41.5 Å². The lowest BCUT2D eigenvalue weighted by atomic mass is 9.62. The Labute approximate surface area is 83.0 Å². The Balaban J connectivity index is 4.25. The van der Waals surface area contributed by atoms with Crippen molar-refractivity contribution in [2.75, 3.05) is 0 Å². The molecule has 0 aromatic carbocycles. The van der Waals surface area contributed by atoms with E-state index in [0.29, 0.717) is 0 Å². The third kappa shape index (κ3) is 8.32. The fraction of sp³-hybridized carbons (Fsp3) is 1.00. The first-order chi connectivity index (χ1) is 5.41. The van der Waals surface area contributed by atoms with Crippen LogP contribution in [0.25, 0.3) is 0 Å². The number of rotatable bonds is 2. The molecule has 0 aliphatic carbocycles. The second-order valence-corrected chi connectivity index (χ2v) is 6.08. The molecule has 0 atom stereocenters. The van der Waals surface area contributed by atoms with Crippen molar-refractivity contribution in [1.29, 1.82) is 0 Å². The van der Waals surface area contributed by atoms with E-state index in [4.69, 9.17) is 9.31 Å². The van der Waals surface area contributed by atoms with E-state index in [1.165, 1.54) is 0 Å². The molecule has 0 aliphatic heterocycles. The highest BCUT2D eigenvalue weighted by molar-refractivity contribution is 6.64. The van der Waals surface area contributed by atoms with Gasteiger partial charge >= 0.3 is 0 Å². The third-order valence-corrected chi connectivity index (χ3v) is 1.27. The topological polar surface area (TPSA) is 18.5 Å². The SMILES string of the molecule is C[B-](C)(OC(C)(C)C)OC(C)(C)C. The van der Waals surface area contributed by atoms with Crippen LogP contribution in [0.3, 0.4) is 0 Å². The van der Waals surface area contributed by atoms with E-state index in [2.05, 4.69) is 0 Å². The molecule has 0 amide bonds. The maximum absolute atomic E-state index is 5.84. The summed E-state index contributed by atoms with van der Waals surface area (Å²) < 4.78 is 11.7. The minimum absolute atomic E-state index is 0.144. The fourth-order valence-corrected chi connectivity index (χ4v) is 1.73. The summed E-state index contributed by atoms with van der Waals surface area (Å²) in [4.78, 5) is 0. The molecule has 0 heterocycles. The van der Waals surface area contributed by atoms with Crippen LogP contribution in [0.2, 0.25) is 13.6 Å². The highest BCUT2D eigenvalue weighted by Gasteiger charge is 2.25. The predicted molar refractivity (Wildman–Crippen MR) is 59.2 cm³/mol. The summed E-state index contributed by atoms with van der Waals surface area (Å²) >= 11 is 0. The Morgan fingerprint density at radius 3 is 1.08 bits per heavy atom. The molecule has 0 radical (unpaired) electrons. The molecule has 0 rings (SSSR count). The Morgan fingerprint density at radius 1 is 0.692 bits per heavy atom. The summed E-state index contributed by atoms with van der Waals surface area (Å²) in [5, 5.41) is 0. The third-order valence-electron chi connectivity index (χ3n) is 1.27. The zero-order valence-corrected chi connectivity index (χ0v) is 10.4. The second kappa shape index (κ2) is 3.62. The largest absolute Gasteiger partial charge is 0.564 e. The minimum Gasteiger partial charge on any atom is -0.564 e. The van der Waals surface area contributed by atoms with Crippen molar-refractivity contribution in [1.82, 2.24) is 0 Å². The highest BCUT2D eigenvalue weighted by atomic mass is 16.6. The summed E-state index contributed by atoms with van der Waals surface area (Å²) in [5.74, 6) is 0. The van der Waals surface area contributed by atoms with Crippen molar-refractivity contribution in [3.05, 3.63) is 0 Å². The Kier molecular flexibility index (Phi) is 3.62. The molecule has 0 aliphatic rings. The van der Waals surface area contributed by atoms with Crippen molar-refractivity contribution in [2.24, 2.45) is 0 Å². The molecular weight excluding hydrogens is 163 g/mol. The van der Waals surface area contributed by atoms with Crippen molar-refractivity contribution in [3.8, 4) is 0 Å². The molecule has 0 bridgehead atoms. The van der Waals surface area contributed by atoms with Crippen LogP contribution in [0.15, 0.2) is 0 Å². The van der Waals surface area contributed by atoms with Gasteiger partial charge in [-0.15, -0.1) is 13.6 Å². The quantitative estimate of drug-likeness (QED) is 0.617. The molecule has 0 fully saturated rings. The zero-order valence-electron chi connectivity index (χ0n) is 10.4. The molecule has 0 saturated carbocycles. The van der Waals surface area contributed by atoms with E-state index in [1.54, 1.807) is 0 Å². The van der Waals surface area contributed by atoms with Gasteiger partial charge in [0, 0.05) is 11.2 Å². The van der Waals surface area contributed by atoms with Crippen LogP contribution in [0, 0.1) is 0 Å². The van der Waals surface area contributed by atoms with Gasteiger partial charge in [0.25, 0.3) is 0 Å². The Morgan fingerprint density at radius 2 is 0.923 bits per heavy atom. The minimum atomic E-state index is -1.18. The van der Waals surface area contributed by atoms with Gasteiger partial charge in [0.2, 0.25) is 6.55 Å². The van der Waals surface area contributed by atoms with Gasteiger partial charge in [-0.2, -0.15) is 0 Å². The lowest BCUT2D eigenvalue weighted by Crippen LogP contribution is -2.46. The fourth-order valence-electron chi connectivity index (χ4n) is 1.73. The van der Waals surface area contributed by atoms with E-state index < -0.39 is 6.55 Å². The summed E-state index contributed by atoms with van der Waals surface area (Å²) in [6.45, 7) is 15.1. The highest BCUT2D eigenvalue weighted by Crippen LogP contribution is 2.22. The standard InChI is InChI=1S/C10H24BO2/c1-9(2,3)12-11(7,8)13-10(4,5)6/h1-8H3/q-1. The molecule has 0 aromatic rings. The maximum atomic E-state index is 5.84. The molecule has 0 N–H and O–H groups in total. The summed E-state index contributed by atoms with van der Waals surface area (Å²) in [6.07, 6.45) is 0.